The molecule has 0 radical (unpaired) electrons. The van der Waals surface area contributed by atoms with Crippen LogP contribution >= 0.6 is 0 Å². The summed E-state index contributed by atoms with van der Waals surface area (Å²) in [6.45, 7) is 5.78. The molecule has 0 bridgehead atoms. The highest BCUT2D eigenvalue weighted by Gasteiger charge is 2.06. The third-order valence-electron chi connectivity index (χ3n) is 2.71. The van der Waals surface area contributed by atoms with Gasteiger partial charge < -0.3 is 15.8 Å². The first-order valence-corrected chi connectivity index (χ1v) is 6.80. The van der Waals surface area contributed by atoms with Gasteiger partial charge in [0.15, 0.2) is 0 Å². The van der Waals surface area contributed by atoms with Crippen molar-refractivity contribution in [2.24, 2.45) is 5.73 Å². The molecular weight excluding hydrogens is 240 g/mol. The summed E-state index contributed by atoms with van der Waals surface area (Å²) in [6.07, 6.45) is 1.36. The molecular formula is C15H24N2O2. The molecule has 1 aromatic rings. The first-order valence-electron chi connectivity index (χ1n) is 6.80. The molecule has 3 N–H and O–H groups in total. The average molecular weight is 264 g/mol. The monoisotopic (exact) mass is 264 g/mol. The predicted octanol–water partition coefficient (Wildman–Crippen LogP) is 1.97. The van der Waals surface area contributed by atoms with Gasteiger partial charge in [-0.1, -0.05) is 31.2 Å². The van der Waals surface area contributed by atoms with Crippen molar-refractivity contribution in [1.82, 2.24) is 5.32 Å². The van der Waals surface area contributed by atoms with Crippen LogP contribution in [-0.2, 0) is 22.7 Å². The van der Waals surface area contributed by atoms with Crippen molar-refractivity contribution >= 4 is 5.91 Å². The van der Waals surface area contributed by atoms with E-state index in [1.54, 1.807) is 0 Å². The number of nitrogens with one attached hydrogen (secondary N) is 1. The molecule has 19 heavy (non-hydrogen) atoms. The number of ether oxygens (including phenoxy) is 1. The lowest BCUT2D eigenvalue weighted by Gasteiger charge is -2.11. The van der Waals surface area contributed by atoms with E-state index < -0.39 is 0 Å². The Hall–Kier alpha value is -1.39. The highest BCUT2D eigenvalue weighted by molar-refractivity contribution is 5.76. The normalized spacial score (nSPS) is 12.2. The van der Waals surface area contributed by atoms with Crippen molar-refractivity contribution < 1.29 is 9.53 Å². The standard InChI is InChI=1S/C15H24N2O2/c1-3-8-19-11-14-7-5-4-6-13(14)10-17-15(18)9-12(2)16/h4-7,12H,3,8-11,16H2,1-2H3,(H,17,18). The second-order valence-corrected chi connectivity index (χ2v) is 4.78. The molecule has 0 saturated carbocycles. The summed E-state index contributed by atoms with van der Waals surface area (Å²) in [5.74, 6) is -0.0146. The van der Waals surface area contributed by atoms with Crippen molar-refractivity contribution in [3.05, 3.63) is 35.4 Å². The van der Waals surface area contributed by atoms with E-state index in [9.17, 15) is 4.79 Å². The maximum Gasteiger partial charge on any atom is 0.221 e. The minimum absolute atomic E-state index is 0.0146. The average Bonchev–Trinajstić information content (AvgIpc) is 2.37. The van der Waals surface area contributed by atoms with Gasteiger partial charge in [-0.25, -0.2) is 0 Å². The second-order valence-electron chi connectivity index (χ2n) is 4.78. The first-order chi connectivity index (χ1) is 9.13. The van der Waals surface area contributed by atoms with Gasteiger partial charge in [-0.3, -0.25) is 4.79 Å². The van der Waals surface area contributed by atoms with E-state index in [0.717, 1.165) is 24.2 Å². The maximum atomic E-state index is 11.6. The number of carbonyl (C=O) groups is 1. The Bertz CT molecular complexity index is 391. The molecule has 1 aromatic carbocycles. The van der Waals surface area contributed by atoms with Gasteiger partial charge in [-0.05, 0) is 24.5 Å². The number of hydrogen-bond acceptors (Lipinski definition) is 3. The Balaban J connectivity index is 2.50. The molecule has 4 heteroatoms. The Kier molecular flexibility index (Phi) is 7.15. The van der Waals surface area contributed by atoms with Crippen LogP contribution in [0.15, 0.2) is 24.3 Å². The predicted molar refractivity (Wildman–Crippen MR) is 76.5 cm³/mol. The summed E-state index contributed by atoms with van der Waals surface area (Å²) in [6, 6.07) is 7.89. The van der Waals surface area contributed by atoms with Crippen LogP contribution in [0, 0.1) is 0 Å². The van der Waals surface area contributed by atoms with E-state index >= 15 is 0 Å². The number of benzene rings is 1. The molecule has 1 rings (SSSR count). The SMILES string of the molecule is CCCOCc1ccccc1CNC(=O)CC(C)N. The van der Waals surface area contributed by atoms with Crippen molar-refractivity contribution in [3.63, 3.8) is 0 Å². The molecule has 0 aromatic heterocycles. The summed E-state index contributed by atoms with van der Waals surface area (Å²) in [7, 11) is 0. The van der Waals surface area contributed by atoms with Gasteiger partial charge in [0.1, 0.15) is 0 Å². The van der Waals surface area contributed by atoms with E-state index in [1.165, 1.54) is 0 Å². The van der Waals surface area contributed by atoms with E-state index in [-0.39, 0.29) is 11.9 Å². The van der Waals surface area contributed by atoms with Gasteiger partial charge in [0.2, 0.25) is 5.91 Å². The van der Waals surface area contributed by atoms with E-state index in [0.29, 0.717) is 19.6 Å². The van der Waals surface area contributed by atoms with Crippen molar-refractivity contribution in [2.75, 3.05) is 6.61 Å². The quantitative estimate of drug-likeness (QED) is 0.706. The molecule has 0 heterocycles. The molecule has 0 spiro atoms. The zero-order valence-electron chi connectivity index (χ0n) is 11.8. The van der Waals surface area contributed by atoms with Crippen LogP contribution < -0.4 is 11.1 Å². The third-order valence-corrected chi connectivity index (χ3v) is 2.71. The topological polar surface area (TPSA) is 64.3 Å². The van der Waals surface area contributed by atoms with Crippen LogP contribution in [0.25, 0.3) is 0 Å². The van der Waals surface area contributed by atoms with Crippen LogP contribution in [0.3, 0.4) is 0 Å². The van der Waals surface area contributed by atoms with Crippen LogP contribution in [0.4, 0.5) is 0 Å². The molecule has 0 aliphatic heterocycles. The molecule has 106 valence electrons. The smallest absolute Gasteiger partial charge is 0.221 e. The van der Waals surface area contributed by atoms with E-state index in [2.05, 4.69) is 12.2 Å². The molecule has 0 saturated heterocycles. The second kappa shape index (κ2) is 8.67. The van der Waals surface area contributed by atoms with Crippen LogP contribution in [-0.4, -0.2) is 18.6 Å². The van der Waals surface area contributed by atoms with Crippen LogP contribution in [0.2, 0.25) is 0 Å². The summed E-state index contributed by atoms with van der Waals surface area (Å²) in [5.41, 5.74) is 7.81. The molecule has 0 aliphatic carbocycles. The van der Waals surface area contributed by atoms with Gasteiger partial charge in [-0.15, -0.1) is 0 Å². The maximum absolute atomic E-state index is 11.6. The number of carbonyl (C=O) groups excluding carboxylic acids is 1. The Morgan fingerprint density at radius 3 is 2.68 bits per heavy atom. The minimum atomic E-state index is -0.108. The fourth-order valence-corrected chi connectivity index (χ4v) is 1.76. The van der Waals surface area contributed by atoms with Gasteiger partial charge >= 0.3 is 0 Å². The molecule has 4 nitrogen and oxygen atoms in total. The van der Waals surface area contributed by atoms with Gasteiger partial charge in [-0.2, -0.15) is 0 Å². The van der Waals surface area contributed by atoms with Crippen LogP contribution in [0.1, 0.15) is 37.8 Å². The number of nitrogens with two attached hydrogens (primary N) is 1. The summed E-state index contributed by atoms with van der Waals surface area (Å²) < 4.78 is 5.55. The van der Waals surface area contributed by atoms with Gasteiger partial charge in [0.05, 0.1) is 6.61 Å². The number of hydrogen-bond donors (Lipinski definition) is 2. The third kappa shape index (κ3) is 6.36. The summed E-state index contributed by atoms with van der Waals surface area (Å²) in [4.78, 5) is 11.6. The lowest BCUT2D eigenvalue weighted by Crippen LogP contribution is -2.29. The van der Waals surface area contributed by atoms with Crippen molar-refractivity contribution in [2.45, 2.75) is 45.9 Å². The van der Waals surface area contributed by atoms with Gasteiger partial charge in [0.25, 0.3) is 0 Å². The highest BCUT2D eigenvalue weighted by atomic mass is 16.5. The summed E-state index contributed by atoms with van der Waals surface area (Å²) >= 11 is 0. The largest absolute Gasteiger partial charge is 0.377 e. The fraction of sp³-hybridized carbons (Fsp3) is 0.533. The van der Waals surface area contributed by atoms with Crippen molar-refractivity contribution in [1.29, 1.82) is 0 Å². The number of amides is 1. The van der Waals surface area contributed by atoms with Crippen molar-refractivity contribution in [3.8, 4) is 0 Å². The Morgan fingerprint density at radius 1 is 1.37 bits per heavy atom. The fourth-order valence-electron chi connectivity index (χ4n) is 1.76. The number of rotatable bonds is 8. The zero-order valence-corrected chi connectivity index (χ0v) is 11.8. The highest BCUT2D eigenvalue weighted by Crippen LogP contribution is 2.10. The molecule has 1 atom stereocenters. The van der Waals surface area contributed by atoms with Crippen LogP contribution in [0.5, 0.6) is 0 Å². The minimum Gasteiger partial charge on any atom is -0.377 e. The lowest BCUT2D eigenvalue weighted by molar-refractivity contribution is -0.121. The summed E-state index contributed by atoms with van der Waals surface area (Å²) in [5, 5.41) is 2.89. The lowest BCUT2D eigenvalue weighted by atomic mass is 10.1. The molecule has 1 unspecified atom stereocenters. The molecule has 0 fully saturated rings. The molecule has 1 amide bonds. The van der Waals surface area contributed by atoms with Gasteiger partial charge in [0, 0.05) is 25.6 Å². The Morgan fingerprint density at radius 2 is 2.05 bits per heavy atom. The van der Waals surface area contributed by atoms with E-state index in [1.807, 2.05) is 31.2 Å². The molecule has 0 aliphatic rings. The first kappa shape index (κ1) is 15.7. The Labute approximate surface area is 115 Å². The zero-order chi connectivity index (χ0) is 14.1. The van der Waals surface area contributed by atoms with E-state index in [4.69, 9.17) is 10.5 Å².